The minimum atomic E-state index is -0.915. The molecule has 0 unspecified atom stereocenters. The predicted octanol–water partition coefficient (Wildman–Crippen LogP) is 2.47. The number of carbonyl (C=O) groups is 1. The highest BCUT2D eigenvalue weighted by Crippen LogP contribution is 2.15. The lowest BCUT2D eigenvalue weighted by Gasteiger charge is -2.19. The number of hydrogen-bond acceptors (Lipinski definition) is 3. The summed E-state index contributed by atoms with van der Waals surface area (Å²) < 4.78 is 2.08. The van der Waals surface area contributed by atoms with Crippen molar-refractivity contribution in [3.63, 3.8) is 0 Å². The quantitative estimate of drug-likeness (QED) is 0.843. The van der Waals surface area contributed by atoms with Gasteiger partial charge in [-0.15, -0.1) is 0 Å². The summed E-state index contributed by atoms with van der Waals surface area (Å²) in [6, 6.07) is 5.09. The second-order valence-electron chi connectivity index (χ2n) is 4.88. The molecule has 0 bridgehead atoms. The zero-order valence-corrected chi connectivity index (χ0v) is 12.0. The summed E-state index contributed by atoms with van der Waals surface area (Å²) in [6.07, 6.45) is 2.94. The lowest BCUT2D eigenvalue weighted by atomic mass is 10.2. The molecule has 20 heavy (non-hydrogen) atoms. The molecule has 0 saturated heterocycles. The monoisotopic (exact) mass is 275 g/mol. The van der Waals surface area contributed by atoms with E-state index in [0.717, 1.165) is 43.6 Å². The number of carboxylic acid groups (broad SMARTS) is 1. The van der Waals surface area contributed by atoms with Gasteiger partial charge in [0.1, 0.15) is 0 Å². The molecule has 0 saturated carbocycles. The highest BCUT2D eigenvalue weighted by molar-refractivity contribution is 5.92. The number of fused-ring (bicyclic) bond motifs is 1. The maximum atomic E-state index is 10.9. The molecule has 0 atom stereocenters. The molecule has 108 valence electrons. The number of aromatic nitrogens is 2. The van der Waals surface area contributed by atoms with Crippen LogP contribution in [0.2, 0.25) is 0 Å². The predicted molar refractivity (Wildman–Crippen MR) is 79.1 cm³/mol. The molecule has 0 radical (unpaired) electrons. The van der Waals surface area contributed by atoms with Gasteiger partial charge in [-0.3, -0.25) is 0 Å². The summed E-state index contributed by atoms with van der Waals surface area (Å²) in [5, 5.41) is 8.98. The Morgan fingerprint density at radius 2 is 2.15 bits per heavy atom. The molecule has 2 rings (SSSR count). The molecular formula is C15H21N3O2. The number of aromatic carboxylic acids is 1. The third kappa shape index (κ3) is 3.17. The summed E-state index contributed by atoms with van der Waals surface area (Å²) in [5.41, 5.74) is 2.01. The van der Waals surface area contributed by atoms with E-state index in [1.807, 2.05) is 6.07 Å². The van der Waals surface area contributed by atoms with Gasteiger partial charge in [0, 0.05) is 13.1 Å². The minimum Gasteiger partial charge on any atom is -0.478 e. The summed E-state index contributed by atoms with van der Waals surface area (Å²) in [7, 11) is 0. The molecule has 0 spiro atoms. The third-order valence-electron chi connectivity index (χ3n) is 3.51. The van der Waals surface area contributed by atoms with Gasteiger partial charge in [-0.2, -0.15) is 0 Å². The highest BCUT2D eigenvalue weighted by Gasteiger charge is 2.08. The van der Waals surface area contributed by atoms with E-state index in [4.69, 9.17) is 5.11 Å². The van der Waals surface area contributed by atoms with Crippen molar-refractivity contribution >= 4 is 17.0 Å². The Kier molecular flexibility index (Phi) is 4.74. The average Bonchev–Trinajstić information content (AvgIpc) is 2.85. The van der Waals surface area contributed by atoms with E-state index in [1.54, 1.807) is 18.5 Å². The van der Waals surface area contributed by atoms with Crippen LogP contribution in [0.3, 0.4) is 0 Å². The number of rotatable bonds is 7. The fraction of sp³-hybridized carbons (Fsp3) is 0.467. The molecule has 1 heterocycles. The van der Waals surface area contributed by atoms with Crippen molar-refractivity contribution in [1.82, 2.24) is 14.5 Å². The molecule has 0 aliphatic rings. The molecule has 0 aliphatic carbocycles. The molecule has 0 aliphatic heterocycles. The number of carboxylic acids is 1. The van der Waals surface area contributed by atoms with Crippen LogP contribution in [0.5, 0.6) is 0 Å². The van der Waals surface area contributed by atoms with Crippen LogP contribution in [0.4, 0.5) is 0 Å². The summed E-state index contributed by atoms with van der Waals surface area (Å²) in [5.74, 6) is -0.915. The highest BCUT2D eigenvalue weighted by atomic mass is 16.4. The van der Waals surface area contributed by atoms with Crippen molar-refractivity contribution < 1.29 is 9.90 Å². The number of likely N-dealkylation sites (N-methyl/N-ethyl adjacent to an activating group) is 1. The van der Waals surface area contributed by atoms with Crippen LogP contribution >= 0.6 is 0 Å². The fourth-order valence-electron chi connectivity index (χ4n) is 2.37. The van der Waals surface area contributed by atoms with Gasteiger partial charge in [-0.25, -0.2) is 9.78 Å². The summed E-state index contributed by atoms with van der Waals surface area (Å²) in [6.45, 7) is 8.35. The molecule has 5 heteroatoms. The minimum absolute atomic E-state index is 0.281. The SMILES string of the molecule is CCCN(CC)CCn1cnc2cc(C(=O)O)ccc21. The van der Waals surface area contributed by atoms with Crippen LogP contribution in [-0.4, -0.2) is 45.2 Å². The first-order valence-electron chi connectivity index (χ1n) is 7.06. The molecule has 0 fully saturated rings. The van der Waals surface area contributed by atoms with Crippen LogP contribution in [0, 0.1) is 0 Å². The Hall–Kier alpha value is -1.88. The van der Waals surface area contributed by atoms with Crippen molar-refractivity contribution in [3.8, 4) is 0 Å². The van der Waals surface area contributed by atoms with E-state index in [0.29, 0.717) is 0 Å². The van der Waals surface area contributed by atoms with E-state index < -0.39 is 5.97 Å². The second kappa shape index (κ2) is 6.52. The Morgan fingerprint density at radius 3 is 2.80 bits per heavy atom. The molecular weight excluding hydrogens is 254 g/mol. The van der Waals surface area contributed by atoms with Crippen molar-refractivity contribution in [2.45, 2.75) is 26.8 Å². The molecule has 0 amide bonds. The summed E-state index contributed by atoms with van der Waals surface area (Å²) >= 11 is 0. The lowest BCUT2D eigenvalue weighted by Crippen LogP contribution is -2.27. The first-order valence-corrected chi connectivity index (χ1v) is 7.06. The topological polar surface area (TPSA) is 58.4 Å². The molecule has 2 aromatic rings. The number of hydrogen-bond donors (Lipinski definition) is 1. The van der Waals surface area contributed by atoms with Crippen LogP contribution in [0.15, 0.2) is 24.5 Å². The number of imidazole rings is 1. The van der Waals surface area contributed by atoms with Gasteiger partial charge in [0.25, 0.3) is 0 Å². The van der Waals surface area contributed by atoms with Crippen molar-refractivity contribution in [1.29, 1.82) is 0 Å². The van der Waals surface area contributed by atoms with E-state index in [-0.39, 0.29) is 5.56 Å². The maximum absolute atomic E-state index is 10.9. The Morgan fingerprint density at radius 1 is 1.35 bits per heavy atom. The zero-order chi connectivity index (χ0) is 14.5. The van der Waals surface area contributed by atoms with Gasteiger partial charge in [0.2, 0.25) is 0 Å². The van der Waals surface area contributed by atoms with Crippen LogP contribution < -0.4 is 0 Å². The standard InChI is InChI=1S/C15H21N3O2/c1-3-7-17(4-2)8-9-18-11-16-13-10-12(15(19)20)5-6-14(13)18/h5-6,10-11H,3-4,7-9H2,1-2H3,(H,19,20). The number of nitrogens with zero attached hydrogens (tertiary/aromatic N) is 3. The largest absolute Gasteiger partial charge is 0.478 e. The van der Waals surface area contributed by atoms with E-state index >= 15 is 0 Å². The van der Waals surface area contributed by atoms with Gasteiger partial charge in [0.05, 0.1) is 22.9 Å². The molecule has 1 N–H and O–H groups in total. The van der Waals surface area contributed by atoms with Crippen molar-refractivity contribution in [2.24, 2.45) is 0 Å². The fourth-order valence-corrected chi connectivity index (χ4v) is 2.37. The molecule has 5 nitrogen and oxygen atoms in total. The molecule has 1 aromatic carbocycles. The Labute approximate surface area is 118 Å². The molecule has 1 aromatic heterocycles. The van der Waals surface area contributed by atoms with Gasteiger partial charge in [-0.05, 0) is 37.7 Å². The third-order valence-corrected chi connectivity index (χ3v) is 3.51. The second-order valence-corrected chi connectivity index (χ2v) is 4.88. The maximum Gasteiger partial charge on any atom is 0.335 e. The zero-order valence-electron chi connectivity index (χ0n) is 12.0. The normalized spacial score (nSPS) is 11.3. The number of benzene rings is 1. The summed E-state index contributed by atoms with van der Waals surface area (Å²) in [4.78, 5) is 17.6. The average molecular weight is 275 g/mol. The Bertz CT molecular complexity index is 592. The van der Waals surface area contributed by atoms with Gasteiger partial charge >= 0.3 is 5.97 Å². The van der Waals surface area contributed by atoms with Crippen molar-refractivity contribution in [2.75, 3.05) is 19.6 Å². The van der Waals surface area contributed by atoms with Crippen LogP contribution in [0.25, 0.3) is 11.0 Å². The van der Waals surface area contributed by atoms with Crippen LogP contribution in [0.1, 0.15) is 30.6 Å². The van der Waals surface area contributed by atoms with E-state index in [9.17, 15) is 4.79 Å². The smallest absolute Gasteiger partial charge is 0.335 e. The Balaban J connectivity index is 2.13. The lowest BCUT2D eigenvalue weighted by molar-refractivity contribution is 0.0697. The first-order chi connectivity index (χ1) is 9.65. The van der Waals surface area contributed by atoms with Gasteiger partial charge < -0.3 is 14.6 Å². The van der Waals surface area contributed by atoms with Gasteiger partial charge in [-0.1, -0.05) is 13.8 Å². The van der Waals surface area contributed by atoms with E-state index in [2.05, 4.69) is 28.3 Å². The van der Waals surface area contributed by atoms with Crippen LogP contribution in [-0.2, 0) is 6.54 Å². The first kappa shape index (κ1) is 14.5. The van der Waals surface area contributed by atoms with Crippen molar-refractivity contribution in [3.05, 3.63) is 30.1 Å². The van der Waals surface area contributed by atoms with E-state index in [1.165, 1.54) is 0 Å². The van der Waals surface area contributed by atoms with Gasteiger partial charge in [0.15, 0.2) is 0 Å².